The van der Waals surface area contributed by atoms with Gasteiger partial charge in [-0.1, -0.05) is 51.5 Å². The molecule has 0 aliphatic carbocycles. The van der Waals surface area contributed by atoms with Gasteiger partial charge < -0.3 is 4.74 Å². The van der Waals surface area contributed by atoms with E-state index in [-0.39, 0.29) is 17.8 Å². The number of unbranched alkanes of at least 4 members (excludes halogenated alkanes) is 7. The number of esters is 1. The Morgan fingerprint density at radius 2 is 1.77 bits per heavy atom. The van der Waals surface area contributed by atoms with Gasteiger partial charge in [0.25, 0.3) is 5.69 Å². The second-order valence-electron chi connectivity index (χ2n) is 8.39. The first-order valence-corrected chi connectivity index (χ1v) is 11.5. The number of ether oxygens (including phenoxy) is 1. The van der Waals surface area contributed by atoms with Crippen molar-refractivity contribution in [3.63, 3.8) is 0 Å². The van der Waals surface area contributed by atoms with Gasteiger partial charge in [-0.05, 0) is 56.4 Å². The Morgan fingerprint density at radius 3 is 2.32 bits per heavy atom. The van der Waals surface area contributed by atoms with Crippen molar-refractivity contribution in [1.29, 1.82) is 0 Å². The van der Waals surface area contributed by atoms with Gasteiger partial charge in [-0.15, -0.1) is 5.73 Å². The number of nitrogens with zero attached hydrogens (tertiary/aromatic N) is 1. The summed E-state index contributed by atoms with van der Waals surface area (Å²) in [5.74, 6) is -0.174. The fraction of sp³-hybridized carbons (Fsp3) is 0.538. The number of nitro groups is 1. The summed E-state index contributed by atoms with van der Waals surface area (Å²) in [7, 11) is 0. The van der Waals surface area contributed by atoms with Crippen LogP contribution in [0.25, 0.3) is 5.57 Å². The van der Waals surface area contributed by atoms with Crippen molar-refractivity contribution in [2.45, 2.75) is 91.1 Å². The Balaban J connectivity index is 2.23. The Morgan fingerprint density at radius 1 is 1.13 bits per heavy atom. The molecular weight excluding hydrogens is 390 g/mol. The molecule has 5 heteroatoms. The number of carbonyl (C=O) groups is 1. The fourth-order valence-corrected chi connectivity index (χ4v) is 3.81. The van der Waals surface area contributed by atoms with E-state index in [1.54, 1.807) is 12.1 Å². The number of cyclic esters (lactones) is 1. The molecule has 168 valence electrons. The first-order chi connectivity index (χ1) is 14.9. The predicted octanol–water partition coefficient (Wildman–Crippen LogP) is 7.32. The molecule has 0 amide bonds. The van der Waals surface area contributed by atoms with E-state index >= 15 is 0 Å². The lowest BCUT2D eigenvalue weighted by Crippen LogP contribution is -2.12. The molecule has 1 heterocycles. The summed E-state index contributed by atoms with van der Waals surface area (Å²) in [4.78, 5) is 22.4. The summed E-state index contributed by atoms with van der Waals surface area (Å²) in [6, 6.07) is 6.52. The third kappa shape index (κ3) is 8.18. The van der Waals surface area contributed by atoms with Crippen LogP contribution >= 0.6 is 0 Å². The highest BCUT2D eigenvalue weighted by molar-refractivity contribution is 5.82. The van der Waals surface area contributed by atoms with Crippen molar-refractivity contribution in [3.8, 4) is 0 Å². The highest BCUT2D eigenvalue weighted by atomic mass is 16.6. The molecule has 1 aromatic rings. The zero-order valence-corrected chi connectivity index (χ0v) is 19.1. The highest BCUT2D eigenvalue weighted by Crippen LogP contribution is 2.33. The maximum absolute atomic E-state index is 11.8. The Bertz CT molecular complexity index is 841. The van der Waals surface area contributed by atoms with E-state index in [9.17, 15) is 14.9 Å². The molecule has 0 saturated carbocycles. The maximum atomic E-state index is 11.8. The molecule has 5 nitrogen and oxygen atoms in total. The van der Waals surface area contributed by atoms with Crippen LogP contribution in [0.5, 0.6) is 0 Å². The van der Waals surface area contributed by atoms with Gasteiger partial charge in [-0.3, -0.25) is 14.9 Å². The first-order valence-electron chi connectivity index (χ1n) is 11.5. The number of hydrogen-bond acceptors (Lipinski definition) is 4. The van der Waals surface area contributed by atoms with Crippen molar-refractivity contribution in [1.82, 2.24) is 0 Å². The van der Waals surface area contributed by atoms with Crippen LogP contribution in [-0.2, 0) is 9.53 Å². The molecule has 0 aromatic heterocycles. The van der Waals surface area contributed by atoms with Crippen molar-refractivity contribution in [2.24, 2.45) is 0 Å². The number of carbonyl (C=O) groups excluding carboxylic acids is 1. The molecule has 0 radical (unpaired) electrons. The number of benzene rings is 1. The standard InChI is InChI=1S/C26H35NO4/c1-4-5-6-7-8-9-10-11-12-23(25-17-18-26(28)31-25)24(19-20(2)3)21-13-15-22(16-14-21)27(29)30/h12-16,25H,4-11,17-18H2,1-3H3/b23-12-. The SMILES string of the molecule is CCCCCCCCC/C=C(/C(=C=C(C)C)c1ccc([N+](=O)[O-])cc1)C1CCC(=O)O1. The summed E-state index contributed by atoms with van der Waals surface area (Å²) in [5.41, 5.74) is 7.14. The quantitative estimate of drug-likeness (QED) is 0.0878. The Hall–Kier alpha value is -2.65. The molecule has 1 aliphatic heterocycles. The van der Waals surface area contributed by atoms with E-state index in [0.29, 0.717) is 12.8 Å². The Kier molecular flexibility index (Phi) is 10.3. The number of allylic oxidation sites excluding steroid dienone is 1. The minimum atomic E-state index is -0.399. The van der Waals surface area contributed by atoms with E-state index in [4.69, 9.17) is 4.74 Å². The normalized spacial score (nSPS) is 16.0. The molecule has 1 atom stereocenters. The average molecular weight is 426 g/mol. The fourth-order valence-electron chi connectivity index (χ4n) is 3.81. The highest BCUT2D eigenvalue weighted by Gasteiger charge is 2.29. The van der Waals surface area contributed by atoms with Crippen LogP contribution in [0, 0.1) is 10.1 Å². The van der Waals surface area contributed by atoms with Gasteiger partial charge in [0.2, 0.25) is 0 Å². The third-order valence-corrected chi connectivity index (χ3v) is 5.43. The predicted molar refractivity (Wildman–Crippen MR) is 125 cm³/mol. The van der Waals surface area contributed by atoms with E-state index < -0.39 is 4.92 Å². The largest absolute Gasteiger partial charge is 0.457 e. The second-order valence-corrected chi connectivity index (χ2v) is 8.39. The number of rotatable bonds is 12. The monoisotopic (exact) mass is 425 g/mol. The van der Waals surface area contributed by atoms with Gasteiger partial charge in [0, 0.05) is 29.7 Å². The average Bonchev–Trinajstić information content (AvgIpc) is 3.17. The van der Waals surface area contributed by atoms with Crippen LogP contribution in [0.1, 0.15) is 90.5 Å². The molecule has 1 aromatic carbocycles. The lowest BCUT2D eigenvalue weighted by molar-refractivity contribution is -0.384. The van der Waals surface area contributed by atoms with Crippen LogP contribution in [-0.4, -0.2) is 17.0 Å². The molecule has 0 spiro atoms. The molecule has 0 N–H and O–H groups in total. The van der Waals surface area contributed by atoms with Crippen LogP contribution in [0.4, 0.5) is 5.69 Å². The summed E-state index contributed by atoms with van der Waals surface area (Å²) < 4.78 is 5.61. The summed E-state index contributed by atoms with van der Waals surface area (Å²) in [5, 5.41) is 11.0. The molecule has 31 heavy (non-hydrogen) atoms. The zero-order valence-electron chi connectivity index (χ0n) is 19.1. The summed E-state index contributed by atoms with van der Waals surface area (Å²) in [6.45, 7) is 6.17. The van der Waals surface area contributed by atoms with Crippen molar-refractivity contribution in [3.05, 3.63) is 62.9 Å². The van der Waals surface area contributed by atoms with Crippen LogP contribution in [0.15, 0.2) is 47.2 Å². The van der Waals surface area contributed by atoms with Gasteiger partial charge >= 0.3 is 5.97 Å². The minimum absolute atomic E-state index is 0.0567. The molecule has 1 unspecified atom stereocenters. The van der Waals surface area contributed by atoms with Crippen molar-refractivity contribution in [2.75, 3.05) is 0 Å². The topological polar surface area (TPSA) is 69.4 Å². The van der Waals surface area contributed by atoms with Crippen molar-refractivity contribution < 1.29 is 14.5 Å². The molecule has 1 aliphatic rings. The lowest BCUT2D eigenvalue weighted by atomic mass is 9.91. The van der Waals surface area contributed by atoms with Gasteiger partial charge in [-0.2, -0.15) is 0 Å². The van der Waals surface area contributed by atoms with Gasteiger partial charge in [0.05, 0.1) is 4.92 Å². The van der Waals surface area contributed by atoms with E-state index in [0.717, 1.165) is 35.1 Å². The van der Waals surface area contributed by atoms with Gasteiger partial charge in [0.1, 0.15) is 6.10 Å². The third-order valence-electron chi connectivity index (χ3n) is 5.43. The van der Waals surface area contributed by atoms with Gasteiger partial charge in [0.15, 0.2) is 0 Å². The molecule has 2 rings (SSSR count). The van der Waals surface area contributed by atoms with E-state index in [1.165, 1.54) is 50.7 Å². The van der Waals surface area contributed by atoms with Crippen molar-refractivity contribution >= 4 is 17.2 Å². The molecular formula is C26H35NO4. The summed E-state index contributed by atoms with van der Waals surface area (Å²) >= 11 is 0. The number of hydrogen-bond donors (Lipinski definition) is 0. The smallest absolute Gasteiger partial charge is 0.306 e. The second kappa shape index (κ2) is 12.9. The first kappa shape index (κ1) is 24.6. The number of non-ortho nitro benzene ring substituents is 1. The molecule has 0 bridgehead atoms. The van der Waals surface area contributed by atoms with Crippen LogP contribution in [0.3, 0.4) is 0 Å². The summed E-state index contributed by atoms with van der Waals surface area (Å²) in [6.07, 6.45) is 12.6. The van der Waals surface area contributed by atoms with E-state index in [2.05, 4.69) is 18.7 Å². The van der Waals surface area contributed by atoms with Crippen LogP contribution in [0.2, 0.25) is 0 Å². The zero-order chi connectivity index (χ0) is 22.6. The minimum Gasteiger partial charge on any atom is -0.457 e. The molecule has 1 fully saturated rings. The van der Waals surface area contributed by atoms with E-state index in [1.807, 2.05) is 13.8 Å². The lowest BCUT2D eigenvalue weighted by Gasteiger charge is -2.17. The Labute approximate surface area is 186 Å². The van der Waals surface area contributed by atoms with Crippen LogP contribution < -0.4 is 0 Å². The van der Waals surface area contributed by atoms with Gasteiger partial charge in [-0.25, -0.2) is 0 Å². The maximum Gasteiger partial charge on any atom is 0.306 e. The molecule has 1 saturated heterocycles. The number of nitro benzene ring substituents is 1.